The van der Waals surface area contributed by atoms with E-state index < -0.39 is 5.60 Å². The van der Waals surface area contributed by atoms with Crippen molar-refractivity contribution in [1.82, 2.24) is 4.90 Å². The van der Waals surface area contributed by atoms with E-state index in [2.05, 4.69) is 0 Å². The normalized spacial score (nSPS) is 36.4. The third-order valence-electron chi connectivity index (χ3n) is 4.40. The molecular weight excluding hydrogens is 206 g/mol. The molecule has 2 atom stereocenters. The summed E-state index contributed by atoms with van der Waals surface area (Å²) in [5.74, 6) is 0.0101. The van der Waals surface area contributed by atoms with Gasteiger partial charge in [0.1, 0.15) is 0 Å². The number of nitrogens with zero attached hydrogens (tertiary/aromatic N) is 1. The minimum atomic E-state index is -0.776. The molecule has 1 heterocycles. The summed E-state index contributed by atoms with van der Waals surface area (Å²) in [4.78, 5) is 25.3. The molecule has 2 aliphatic carbocycles. The van der Waals surface area contributed by atoms with Gasteiger partial charge in [-0.05, 0) is 38.5 Å². The smallest absolute Gasteiger partial charge is 0.232 e. The second-order valence-electron chi connectivity index (χ2n) is 5.55. The molecule has 3 rings (SSSR count). The maximum Gasteiger partial charge on any atom is 0.232 e. The van der Waals surface area contributed by atoms with Gasteiger partial charge in [-0.25, -0.2) is 0 Å². The van der Waals surface area contributed by atoms with Gasteiger partial charge in [-0.2, -0.15) is 0 Å². The van der Waals surface area contributed by atoms with Gasteiger partial charge in [0, 0.05) is 11.8 Å². The number of carbonyl (C=O) groups is 2. The Hall–Kier alpha value is -0.900. The van der Waals surface area contributed by atoms with Crippen LogP contribution in [-0.4, -0.2) is 34.0 Å². The zero-order valence-corrected chi connectivity index (χ0v) is 9.32. The monoisotopic (exact) mass is 223 g/mol. The van der Waals surface area contributed by atoms with E-state index in [1.54, 1.807) is 0 Å². The van der Waals surface area contributed by atoms with Crippen LogP contribution in [0.4, 0.5) is 0 Å². The number of rotatable bonds is 2. The van der Waals surface area contributed by atoms with Crippen LogP contribution in [0.15, 0.2) is 0 Å². The minimum absolute atomic E-state index is 0.0425. The highest BCUT2D eigenvalue weighted by molar-refractivity contribution is 6.01. The van der Waals surface area contributed by atoms with E-state index in [4.69, 9.17) is 0 Å². The number of imide groups is 1. The maximum absolute atomic E-state index is 12.0. The average molecular weight is 223 g/mol. The fourth-order valence-corrected chi connectivity index (χ4v) is 3.17. The quantitative estimate of drug-likeness (QED) is 0.701. The summed E-state index contributed by atoms with van der Waals surface area (Å²) >= 11 is 0. The number of aliphatic hydroxyl groups is 1. The molecule has 2 saturated carbocycles. The lowest BCUT2D eigenvalue weighted by Crippen LogP contribution is -2.55. The molecule has 2 bridgehead atoms. The highest BCUT2D eigenvalue weighted by atomic mass is 16.3. The molecule has 3 aliphatic rings. The third-order valence-corrected chi connectivity index (χ3v) is 4.40. The van der Waals surface area contributed by atoms with E-state index >= 15 is 0 Å². The van der Waals surface area contributed by atoms with E-state index in [0.29, 0.717) is 0 Å². The molecule has 4 heteroatoms. The number of hydrogen-bond acceptors (Lipinski definition) is 3. The van der Waals surface area contributed by atoms with Crippen molar-refractivity contribution in [2.45, 2.75) is 44.1 Å². The Bertz CT molecular complexity index is 326. The fourth-order valence-electron chi connectivity index (χ4n) is 3.17. The molecule has 1 N–H and O–H groups in total. The molecular formula is C12H17NO3. The molecule has 3 fully saturated rings. The van der Waals surface area contributed by atoms with Crippen LogP contribution in [-0.2, 0) is 9.59 Å². The van der Waals surface area contributed by atoms with Gasteiger partial charge in [0.2, 0.25) is 11.8 Å². The molecule has 88 valence electrons. The SMILES string of the molecule is O=C1C2CCC(C2)C(=O)N1CC1(O)CCC1. The second-order valence-corrected chi connectivity index (χ2v) is 5.55. The van der Waals surface area contributed by atoms with Gasteiger partial charge in [-0.1, -0.05) is 0 Å². The molecule has 1 aliphatic heterocycles. The summed E-state index contributed by atoms with van der Waals surface area (Å²) in [6, 6.07) is 0. The Morgan fingerprint density at radius 3 is 2.19 bits per heavy atom. The molecule has 0 radical (unpaired) electrons. The average Bonchev–Trinajstić information content (AvgIpc) is 2.66. The molecule has 16 heavy (non-hydrogen) atoms. The molecule has 4 nitrogen and oxygen atoms in total. The molecule has 2 amide bonds. The predicted molar refractivity (Wildman–Crippen MR) is 56.4 cm³/mol. The number of piperidine rings is 1. The number of β-amino-alcohol motifs (C(OH)–C–C–N with tert-alkyl or cyclic N) is 1. The minimum Gasteiger partial charge on any atom is -0.388 e. The van der Waals surface area contributed by atoms with E-state index in [-0.39, 0.29) is 30.2 Å². The van der Waals surface area contributed by atoms with Gasteiger partial charge < -0.3 is 5.11 Å². The van der Waals surface area contributed by atoms with E-state index in [9.17, 15) is 14.7 Å². The summed E-state index contributed by atoms with van der Waals surface area (Å²) in [5.41, 5.74) is -0.776. The molecule has 2 unspecified atom stereocenters. The second kappa shape index (κ2) is 3.29. The lowest BCUT2D eigenvalue weighted by molar-refractivity contribution is -0.160. The van der Waals surface area contributed by atoms with Gasteiger partial charge in [-0.3, -0.25) is 14.5 Å². The maximum atomic E-state index is 12.0. The number of amides is 2. The summed E-state index contributed by atoms with van der Waals surface area (Å²) in [6.45, 7) is 0.234. The first kappa shape index (κ1) is 10.3. The van der Waals surface area contributed by atoms with Crippen LogP contribution >= 0.6 is 0 Å². The predicted octanol–water partition coefficient (Wildman–Crippen LogP) is 0.686. The molecule has 0 aromatic rings. The van der Waals surface area contributed by atoms with Crippen LogP contribution in [0.2, 0.25) is 0 Å². The Morgan fingerprint density at radius 1 is 1.19 bits per heavy atom. The van der Waals surface area contributed by atoms with E-state index in [1.165, 1.54) is 4.90 Å². The molecule has 0 spiro atoms. The lowest BCUT2D eigenvalue weighted by atomic mass is 9.79. The van der Waals surface area contributed by atoms with Gasteiger partial charge in [0.05, 0.1) is 12.1 Å². The Balaban J connectivity index is 1.78. The van der Waals surface area contributed by atoms with Crippen molar-refractivity contribution in [3.8, 4) is 0 Å². The summed E-state index contributed by atoms with van der Waals surface area (Å²) in [7, 11) is 0. The van der Waals surface area contributed by atoms with E-state index in [1.807, 2.05) is 0 Å². The first-order valence-electron chi connectivity index (χ1n) is 6.17. The summed E-state index contributed by atoms with van der Waals surface area (Å²) in [5, 5.41) is 10.0. The van der Waals surface area contributed by atoms with Crippen molar-refractivity contribution in [2.24, 2.45) is 11.8 Å². The van der Waals surface area contributed by atoms with Crippen molar-refractivity contribution in [2.75, 3.05) is 6.54 Å². The third kappa shape index (κ3) is 1.39. The van der Waals surface area contributed by atoms with Gasteiger partial charge in [0.15, 0.2) is 0 Å². The van der Waals surface area contributed by atoms with Crippen molar-refractivity contribution >= 4 is 11.8 Å². The highest BCUT2D eigenvalue weighted by Crippen LogP contribution is 2.40. The summed E-state index contributed by atoms with van der Waals surface area (Å²) in [6.07, 6.45) is 4.89. The van der Waals surface area contributed by atoms with Gasteiger partial charge in [0.25, 0.3) is 0 Å². The van der Waals surface area contributed by atoms with Crippen LogP contribution in [0, 0.1) is 11.8 Å². The Labute approximate surface area is 94.6 Å². The van der Waals surface area contributed by atoms with Crippen LogP contribution in [0.5, 0.6) is 0 Å². The zero-order chi connectivity index (χ0) is 11.3. The van der Waals surface area contributed by atoms with Crippen molar-refractivity contribution in [3.63, 3.8) is 0 Å². The zero-order valence-electron chi connectivity index (χ0n) is 9.32. The van der Waals surface area contributed by atoms with Crippen LogP contribution in [0.25, 0.3) is 0 Å². The number of carbonyl (C=O) groups excluding carboxylic acids is 2. The van der Waals surface area contributed by atoms with Crippen molar-refractivity contribution < 1.29 is 14.7 Å². The molecule has 1 saturated heterocycles. The van der Waals surface area contributed by atoms with Gasteiger partial charge in [-0.15, -0.1) is 0 Å². The first-order valence-corrected chi connectivity index (χ1v) is 6.17. The number of fused-ring (bicyclic) bond motifs is 2. The first-order chi connectivity index (χ1) is 7.59. The van der Waals surface area contributed by atoms with E-state index in [0.717, 1.165) is 38.5 Å². The van der Waals surface area contributed by atoms with Gasteiger partial charge >= 0.3 is 0 Å². The molecule has 0 aromatic heterocycles. The number of hydrogen-bond donors (Lipinski definition) is 1. The topological polar surface area (TPSA) is 57.6 Å². The molecule has 0 aromatic carbocycles. The summed E-state index contributed by atoms with van der Waals surface area (Å²) < 4.78 is 0. The van der Waals surface area contributed by atoms with Crippen LogP contribution < -0.4 is 0 Å². The highest BCUT2D eigenvalue weighted by Gasteiger charge is 2.48. The fraction of sp³-hybridized carbons (Fsp3) is 0.833. The van der Waals surface area contributed by atoms with Crippen molar-refractivity contribution in [1.29, 1.82) is 0 Å². The Kier molecular flexibility index (Phi) is 2.11. The number of likely N-dealkylation sites (tertiary alicyclic amines) is 1. The lowest BCUT2D eigenvalue weighted by Gasteiger charge is -2.41. The Morgan fingerprint density at radius 2 is 1.75 bits per heavy atom. The van der Waals surface area contributed by atoms with Crippen LogP contribution in [0.3, 0.4) is 0 Å². The largest absolute Gasteiger partial charge is 0.388 e. The van der Waals surface area contributed by atoms with Crippen LogP contribution in [0.1, 0.15) is 38.5 Å². The standard InChI is InChI=1S/C12H17NO3/c14-10-8-2-3-9(6-8)11(15)13(10)7-12(16)4-1-5-12/h8-9,16H,1-7H2. The van der Waals surface area contributed by atoms with Crippen molar-refractivity contribution in [3.05, 3.63) is 0 Å².